The fourth-order valence-corrected chi connectivity index (χ4v) is 2.33. The molecule has 2 rings (SSSR count). The Kier molecular flexibility index (Phi) is 5.66. The number of hydrogen-bond donors (Lipinski definition) is 2. The van der Waals surface area contributed by atoms with Crippen molar-refractivity contribution in [3.8, 4) is 5.75 Å². The van der Waals surface area contributed by atoms with Crippen molar-refractivity contribution in [1.29, 1.82) is 0 Å². The van der Waals surface area contributed by atoms with E-state index in [-0.39, 0.29) is 12.1 Å². The SMILES string of the molecule is CC(C)(C)OC(=O)NC1CC(NCCOc2ccccc2)C1. The van der Waals surface area contributed by atoms with Crippen molar-refractivity contribution in [3.05, 3.63) is 30.3 Å². The number of alkyl carbamates (subject to hydrolysis) is 1. The molecule has 1 amide bonds. The second kappa shape index (κ2) is 7.49. The van der Waals surface area contributed by atoms with Gasteiger partial charge in [0.1, 0.15) is 18.0 Å². The molecule has 0 aliphatic heterocycles. The van der Waals surface area contributed by atoms with E-state index in [0.29, 0.717) is 12.6 Å². The average Bonchev–Trinajstić information content (AvgIpc) is 2.39. The van der Waals surface area contributed by atoms with Crippen LogP contribution in [0.25, 0.3) is 0 Å². The largest absolute Gasteiger partial charge is 0.492 e. The molecule has 1 aromatic carbocycles. The molecule has 0 bridgehead atoms. The van der Waals surface area contributed by atoms with E-state index < -0.39 is 5.60 Å². The van der Waals surface area contributed by atoms with Crippen molar-refractivity contribution in [2.24, 2.45) is 0 Å². The molecular weight excluding hydrogens is 280 g/mol. The van der Waals surface area contributed by atoms with E-state index >= 15 is 0 Å². The summed E-state index contributed by atoms with van der Waals surface area (Å²) < 4.78 is 10.9. The lowest BCUT2D eigenvalue weighted by Crippen LogP contribution is -2.53. The molecule has 1 aliphatic carbocycles. The van der Waals surface area contributed by atoms with Crippen LogP contribution >= 0.6 is 0 Å². The number of carbonyl (C=O) groups is 1. The monoisotopic (exact) mass is 306 g/mol. The first-order valence-electron chi connectivity index (χ1n) is 7.83. The summed E-state index contributed by atoms with van der Waals surface area (Å²) >= 11 is 0. The molecule has 1 aliphatic rings. The predicted molar refractivity (Wildman–Crippen MR) is 86.1 cm³/mol. The lowest BCUT2D eigenvalue weighted by molar-refractivity contribution is 0.0464. The first kappa shape index (κ1) is 16.6. The zero-order valence-corrected chi connectivity index (χ0v) is 13.6. The smallest absolute Gasteiger partial charge is 0.407 e. The maximum Gasteiger partial charge on any atom is 0.407 e. The maximum absolute atomic E-state index is 11.6. The number of amides is 1. The molecule has 1 saturated carbocycles. The lowest BCUT2D eigenvalue weighted by Gasteiger charge is -2.36. The van der Waals surface area contributed by atoms with Crippen molar-refractivity contribution < 1.29 is 14.3 Å². The van der Waals surface area contributed by atoms with Gasteiger partial charge in [0.2, 0.25) is 0 Å². The van der Waals surface area contributed by atoms with Gasteiger partial charge in [0.05, 0.1) is 0 Å². The van der Waals surface area contributed by atoms with Crippen LogP contribution in [0, 0.1) is 0 Å². The Bertz CT molecular complexity index is 465. The van der Waals surface area contributed by atoms with Crippen molar-refractivity contribution in [2.45, 2.75) is 51.3 Å². The third-order valence-electron chi connectivity index (χ3n) is 3.41. The van der Waals surface area contributed by atoms with Gasteiger partial charge in [-0.3, -0.25) is 0 Å². The van der Waals surface area contributed by atoms with E-state index in [1.807, 2.05) is 51.1 Å². The Balaban J connectivity index is 1.52. The fourth-order valence-electron chi connectivity index (χ4n) is 2.33. The molecule has 5 nitrogen and oxygen atoms in total. The molecule has 0 saturated heterocycles. The molecule has 2 N–H and O–H groups in total. The van der Waals surface area contributed by atoms with Gasteiger partial charge in [-0.1, -0.05) is 18.2 Å². The van der Waals surface area contributed by atoms with Crippen molar-refractivity contribution in [3.63, 3.8) is 0 Å². The van der Waals surface area contributed by atoms with Crippen molar-refractivity contribution in [1.82, 2.24) is 10.6 Å². The summed E-state index contributed by atoms with van der Waals surface area (Å²) in [6.45, 7) is 7.04. The second-order valence-electron chi connectivity index (χ2n) is 6.63. The van der Waals surface area contributed by atoms with Crippen LogP contribution in [0.1, 0.15) is 33.6 Å². The highest BCUT2D eigenvalue weighted by Crippen LogP contribution is 2.20. The van der Waals surface area contributed by atoms with E-state index in [0.717, 1.165) is 25.1 Å². The summed E-state index contributed by atoms with van der Waals surface area (Å²) in [6.07, 6.45) is 1.54. The molecule has 22 heavy (non-hydrogen) atoms. The molecule has 0 unspecified atom stereocenters. The second-order valence-corrected chi connectivity index (χ2v) is 6.63. The van der Waals surface area contributed by atoms with Gasteiger partial charge in [-0.2, -0.15) is 0 Å². The van der Waals surface area contributed by atoms with E-state index in [1.54, 1.807) is 0 Å². The Morgan fingerprint density at radius 1 is 1.18 bits per heavy atom. The van der Waals surface area contributed by atoms with Crippen LogP contribution in [-0.4, -0.2) is 36.9 Å². The van der Waals surface area contributed by atoms with Crippen LogP contribution < -0.4 is 15.4 Å². The quantitative estimate of drug-likeness (QED) is 0.793. The lowest BCUT2D eigenvalue weighted by atomic mass is 9.87. The van der Waals surface area contributed by atoms with E-state index in [2.05, 4.69) is 10.6 Å². The summed E-state index contributed by atoms with van der Waals surface area (Å²) in [4.78, 5) is 11.6. The zero-order chi connectivity index (χ0) is 16.0. The Morgan fingerprint density at radius 3 is 2.50 bits per heavy atom. The van der Waals surface area contributed by atoms with Crippen LogP contribution in [0.2, 0.25) is 0 Å². The molecule has 0 spiro atoms. The van der Waals surface area contributed by atoms with Gasteiger partial charge in [-0.15, -0.1) is 0 Å². The number of ether oxygens (including phenoxy) is 2. The van der Waals surface area contributed by atoms with Gasteiger partial charge in [0.15, 0.2) is 0 Å². The normalized spacial score (nSPS) is 20.9. The molecule has 1 aromatic rings. The first-order chi connectivity index (χ1) is 10.4. The fraction of sp³-hybridized carbons (Fsp3) is 0.588. The molecule has 5 heteroatoms. The van der Waals surface area contributed by atoms with Crippen molar-refractivity contribution >= 4 is 6.09 Å². The van der Waals surface area contributed by atoms with Gasteiger partial charge >= 0.3 is 6.09 Å². The number of benzene rings is 1. The molecule has 0 heterocycles. The summed E-state index contributed by atoms with van der Waals surface area (Å²) in [5, 5.41) is 6.31. The van der Waals surface area contributed by atoms with Crippen LogP contribution in [0.3, 0.4) is 0 Å². The minimum atomic E-state index is -0.444. The zero-order valence-electron chi connectivity index (χ0n) is 13.6. The van der Waals surface area contributed by atoms with Gasteiger partial charge in [-0.05, 0) is 45.7 Å². The molecule has 0 radical (unpaired) electrons. The summed E-state index contributed by atoms with van der Waals surface area (Å²) in [5.41, 5.74) is -0.444. The minimum absolute atomic E-state index is 0.211. The highest BCUT2D eigenvalue weighted by atomic mass is 16.6. The summed E-state index contributed by atoms with van der Waals surface area (Å²) in [5.74, 6) is 0.891. The standard InChI is InChI=1S/C17H26N2O3/c1-17(2,3)22-16(20)19-14-11-13(12-14)18-9-10-21-15-7-5-4-6-8-15/h4-8,13-14,18H,9-12H2,1-3H3,(H,19,20). The molecule has 1 fully saturated rings. The van der Waals surface area contributed by atoms with Crippen LogP contribution in [0.4, 0.5) is 4.79 Å². The predicted octanol–water partition coefficient (Wildman–Crippen LogP) is 2.71. The third kappa shape index (κ3) is 5.93. The first-order valence-corrected chi connectivity index (χ1v) is 7.83. The number of carbonyl (C=O) groups excluding carboxylic acids is 1. The van der Waals surface area contributed by atoms with Gasteiger partial charge < -0.3 is 20.1 Å². The average molecular weight is 306 g/mol. The van der Waals surface area contributed by atoms with E-state index in [9.17, 15) is 4.79 Å². The van der Waals surface area contributed by atoms with E-state index in [1.165, 1.54) is 0 Å². The van der Waals surface area contributed by atoms with E-state index in [4.69, 9.17) is 9.47 Å². The highest BCUT2D eigenvalue weighted by molar-refractivity contribution is 5.68. The molecule has 0 atom stereocenters. The third-order valence-corrected chi connectivity index (χ3v) is 3.41. The Labute approximate surface area is 132 Å². The number of hydrogen-bond acceptors (Lipinski definition) is 4. The van der Waals surface area contributed by atoms with Gasteiger partial charge in [0, 0.05) is 18.6 Å². The molecule has 122 valence electrons. The van der Waals surface area contributed by atoms with Crippen LogP contribution in [0.5, 0.6) is 5.75 Å². The van der Waals surface area contributed by atoms with Gasteiger partial charge in [0.25, 0.3) is 0 Å². The highest BCUT2D eigenvalue weighted by Gasteiger charge is 2.31. The minimum Gasteiger partial charge on any atom is -0.492 e. The van der Waals surface area contributed by atoms with Crippen molar-refractivity contribution in [2.75, 3.05) is 13.2 Å². The Hall–Kier alpha value is -1.75. The maximum atomic E-state index is 11.6. The Morgan fingerprint density at radius 2 is 1.86 bits per heavy atom. The molecular formula is C17H26N2O3. The topological polar surface area (TPSA) is 59.6 Å². The number of para-hydroxylation sites is 1. The van der Waals surface area contributed by atoms with Gasteiger partial charge in [-0.25, -0.2) is 4.79 Å². The van der Waals surface area contributed by atoms with Crippen LogP contribution in [-0.2, 0) is 4.74 Å². The van der Waals surface area contributed by atoms with Crippen LogP contribution in [0.15, 0.2) is 30.3 Å². The molecule has 0 aromatic heterocycles. The summed E-state index contributed by atoms with van der Waals surface area (Å²) in [7, 11) is 0. The number of rotatable bonds is 6. The summed E-state index contributed by atoms with van der Waals surface area (Å²) in [6, 6.07) is 10.4. The number of nitrogens with one attached hydrogen (secondary N) is 2.